The number of aromatic nitrogens is 2. The average molecular weight is 430 g/mol. The second kappa shape index (κ2) is 8.54. The lowest BCUT2D eigenvalue weighted by molar-refractivity contribution is -0.385. The summed E-state index contributed by atoms with van der Waals surface area (Å²) in [4.78, 5) is 4.37. The summed E-state index contributed by atoms with van der Waals surface area (Å²) in [5, 5.41) is 50.9. The third kappa shape index (κ3) is 3.91. The Hall–Kier alpha value is -2.53. The highest BCUT2D eigenvalue weighted by molar-refractivity contribution is 5.82. The zero-order chi connectivity index (χ0) is 22.2. The maximum atomic E-state index is 10.9. The van der Waals surface area contributed by atoms with Crippen LogP contribution in [-0.4, -0.2) is 72.1 Å². The van der Waals surface area contributed by atoms with Crippen LogP contribution in [-0.2, 0) is 17.7 Å². The molecule has 5 N–H and O–H groups in total. The number of aliphatic hydroxyl groups is 5. The molecule has 0 amide bonds. The van der Waals surface area contributed by atoms with Crippen molar-refractivity contribution in [3.05, 3.63) is 59.9 Å². The fourth-order valence-electron chi connectivity index (χ4n) is 3.75. The molecule has 4 rings (SSSR count). The Morgan fingerprint density at radius 3 is 2.48 bits per heavy atom. The fraction of sp³-hybridized carbons (Fsp3) is 0.409. The average Bonchev–Trinajstić information content (AvgIpc) is 3.19. The summed E-state index contributed by atoms with van der Waals surface area (Å²) in [6.45, 7) is 1.92. The summed E-state index contributed by atoms with van der Waals surface area (Å²) in [6.07, 6.45) is -4.28. The van der Waals surface area contributed by atoms with Gasteiger partial charge in [-0.2, -0.15) is 0 Å². The van der Waals surface area contributed by atoms with Gasteiger partial charge in [0.2, 0.25) is 6.29 Å². The number of nitrogens with zero attached hydrogens (tertiary/aromatic N) is 2. The number of fused-ring (bicyclic) bond motifs is 1. The van der Waals surface area contributed by atoms with E-state index in [0.717, 1.165) is 12.0 Å². The van der Waals surface area contributed by atoms with Crippen molar-refractivity contribution in [3.63, 3.8) is 0 Å². The molecule has 31 heavy (non-hydrogen) atoms. The zero-order valence-electron chi connectivity index (χ0n) is 17.0. The Kier molecular flexibility index (Phi) is 5.98. The largest absolute Gasteiger partial charge is 0.452 e. The number of para-hydroxylation sites is 1. The van der Waals surface area contributed by atoms with Gasteiger partial charge in [-0.05, 0) is 29.7 Å². The van der Waals surface area contributed by atoms with E-state index >= 15 is 0 Å². The molecule has 1 aliphatic rings. The highest BCUT2D eigenvalue weighted by atomic mass is 16.7. The Morgan fingerprint density at radius 2 is 1.81 bits per heavy atom. The van der Waals surface area contributed by atoms with Gasteiger partial charge in [0.1, 0.15) is 23.5 Å². The maximum Gasteiger partial charge on any atom is 0.288 e. The van der Waals surface area contributed by atoms with Crippen molar-refractivity contribution < 1.29 is 35.0 Å². The fourth-order valence-corrected chi connectivity index (χ4v) is 3.75. The van der Waals surface area contributed by atoms with Gasteiger partial charge in [0.25, 0.3) is 5.79 Å². The first-order valence-electron chi connectivity index (χ1n) is 10.1. The van der Waals surface area contributed by atoms with E-state index in [2.05, 4.69) is 24.0 Å². The number of rotatable bonds is 6. The summed E-state index contributed by atoms with van der Waals surface area (Å²) in [5.41, 5.74) is 3.38. The SMILES string of the molecule is CCc1ccc(Cn2cnc3cccc(O[C@]4(O)[C@H](O)O[C@H](CO)[C@@H](O)[C@@H]4O)c32)cc1. The molecule has 1 fully saturated rings. The van der Waals surface area contributed by atoms with Gasteiger partial charge >= 0.3 is 0 Å². The number of imidazole rings is 1. The molecule has 166 valence electrons. The number of hydrogen-bond donors (Lipinski definition) is 5. The quantitative estimate of drug-likeness (QED) is 0.349. The van der Waals surface area contributed by atoms with Gasteiger partial charge in [-0.3, -0.25) is 0 Å². The Labute approximate surface area is 178 Å². The van der Waals surface area contributed by atoms with Gasteiger partial charge in [-0.25, -0.2) is 4.98 Å². The van der Waals surface area contributed by atoms with Crippen LogP contribution in [0.15, 0.2) is 48.8 Å². The molecule has 0 bridgehead atoms. The van der Waals surface area contributed by atoms with Crippen molar-refractivity contribution >= 4 is 11.0 Å². The van der Waals surface area contributed by atoms with E-state index in [1.165, 1.54) is 5.56 Å². The number of aryl methyl sites for hydroxylation is 1. The number of aliphatic hydroxyl groups excluding tert-OH is 4. The lowest BCUT2D eigenvalue weighted by Gasteiger charge is -2.45. The van der Waals surface area contributed by atoms with Crippen LogP contribution in [0.2, 0.25) is 0 Å². The van der Waals surface area contributed by atoms with Crippen LogP contribution in [0.4, 0.5) is 0 Å². The predicted octanol–water partition coefficient (Wildman–Crippen LogP) is 0.146. The highest BCUT2D eigenvalue weighted by Gasteiger charge is 2.57. The van der Waals surface area contributed by atoms with Gasteiger partial charge in [0.15, 0.2) is 6.10 Å². The second-order valence-electron chi connectivity index (χ2n) is 7.67. The Balaban J connectivity index is 1.67. The summed E-state index contributed by atoms with van der Waals surface area (Å²) in [7, 11) is 0. The van der Waals surface area contributed by atoms with Gasteiger partial charge < -0.3 is 39.6 Å². The lowest BCUT2D eigenvalue weighted by atomic mass is 9.96. The molecule has 0 spiro atoms. The van der Waals surface area contributed by atoms with Crippen molar-refractivity contribution in [2.24, 2.45) is 0 Å². The van der Waals surface area contributed by atoms with Crippen LogP contribution >= 0.6 is 0 Å². The minimum absolute atomic E-state index is 0.138. The maximum absolute atomic E-state index is 10.9. The topological polar surface area (TPSA) is 137 Å². The van der Waals surface area contributed by atoms with Gasteiger partial charge in [-0.15, -0.1) is 0 Å². The Bertz CT molecular complexity index is 1040. The highest BCUT2D eigenvalue weighted by Crippen LogP contribution is 2.35. The van der Waals surface area contributed by atoms with E-state index in [1.807, 2.05) is 16.7 Å². The molecular weight excluding hydrogens is 404 g/mol. The normalized spacial score (nSPS) is 28.7. The van der Waals surface area contributed by atoms with Crippen LogP contribution in [0, 0.1) is 0 Å². The van der Waals surface area contributed by atoms with E-state index in [-0.39, 0.29) is 5.75 Å². The van der Waals surface area contributed by atoms with Crippen LogP contribution in [0.1, 0.15) is 18.1 Å². The Morgan fingerprint density at radius 1 is 1.10 bits per heavy atom. The van der Waals surface area contributed by atoms with Crippen molar-refractivity contribution in [1.29, 1.82) is 0 Å². The molecule has 9 nitrogen and oxygen atoms in total. The molecule has 5 atom stereocenters. The van der Waals surface area contributed by atoms with Crippen LogP contribution in [0.5, 0.6) is 5.75 Å². The van der Waals surface area contributed by atoms with Gasteiger partial charge in [0.05, 0.1) is 18.5 Å². The van der Waals surface area contributed by atoms with Crippen molar-refractivity contribution in [2.75, 3.05) is 6.61 Å². The van der Waals surface area contributed by atoms with E-state index in [1.54, 1.807) is 24.5 Å². The minimum atomic E-state index is -2.66. The summed E-state index contributed by atoms with van der Waals surface area (Å²) in [5.74, 6) is -2.52. The third-order valence-electron chi connectivity index (χ3n) is 5.62. The van der Waals surface area contributed by atoms with E-state index in [0.29, 0.717) is 17.6 Å². The second-order valence-corrected chi connectivity index (χ2v) is 7.67. The minimum Gasteiger partial charge on any atom is -0.452 e. The third-order valence-corrected chi connectivity index (χ3v) is 5.62. The number of benzene rings is 2. The van der Waals surface area contributed by atoms with Gasteiger partial charge in [0, 0.05) is 6.54 Å². The van der Waals surface area contributed by atoms with Crippen LogP contribution in [0.3, 0.4) is 0 Å². The zero-order valence-corrected chi connectivity index (χ0v) is 17.0. The summed E-state index contributed by atoms with van der Waals surface area (Å²) < 4.78 is 12.5. The number of hydrogen-bond acceptors (Lipinski definition) is 8. The molecule has 1 aromatic heterocycles. The molecule has 1 saturated heterocycles. The van der Waals surface area contributed by atoms with Crippen LogP contribution < -0.4 is 4.74 Å². The first-order valence-corrected chi connectivity index (χ1v) is 10.1. The molecule has 0 aliphatic carbocycles. The van der Waals surface area contributed by atoms with E-state index in [4.69, 9.17) is 9.47 Å². The molecule has 9 heteroatoms. The van der Waals surface area contributed by atoms with Crippen molar-refractivity contribution in [2.45, 2.75) is 50.3 Å². The van der Waals surface area contributed by atoms with Crippen molar-refractivity contribution in [3.8, 4) is 5.75 Å². The molecule has 0 saturated carbocycles. The predicted molar refractivity (Wildman–Crippen MR) is 110 cm³/mol. The molecule has 3 aromatic rings. The first-order chi connectivity index (χ1) is 14.9. The summed E-state index contributed by atoms with van der Waals surface area (Å²) >= 11 is 0. The molecule has 0 radical (unpaired) electrons. The number of ether oxygens (including phenoxy) is 2. The van der Waals surface area contributed by atoms with Gasteiger partial charge in [-0.1, -0.05) is 37.3 Å². The monoisotopic (exact) mass is 430 g/mol. The van der Waals surface area contributed by atoms with E-state index < -0.39 is 37.0 Å². The molecule has 1 aliphatic heterocycles. The lowest BCUT2D eigenvalue weighted by Crippen LogP contribution is -2.69. The molecular formula is C22H26N2O7. The molecule has 2 heterocycles. The first kappa shape index (κ1) is 21.7. The van der Waals surface area contributed by atoms with Crippen molar-refractivity contribution in [1.82, 2.24) is 9.55 Å². The standard InChI is InChI=1S/C22H26N2O7/c1-2-13-6-8-14(9-7-13)10-24-12-23-15-4-3-5-16(18(15)24)31-22(29)20(27)19(26)17(11-25)30-21(22)28/h3-9,12,17,19-21,25-29H,2,10-11H2,1H3/t17-,19-,20+,21-,22+/m1/s1. The van der Waals surface area contributed by atoms with E-state index in [9.17, 15) is 25.5 Å². The molecule has 0 unspecified atom stereocenters. The van der Waals surface area contributed by atoms with Crippen LogP contribution in [0.25, 0.3) is 11.0 Å². The smallest absolute Gasteiger partial charge is 0.288 e. The molecule has 2 aromatic carbocycles. The summed E-state index contributed by atoms with van der Waals surface area (Å²) in [6, 6.07) is 13.1.